The molecule has 3 rings (SSSR count). The van der Waals surface area contributed by atoms with Gasteiger partial charge in [0.1, 0.15) is 5.82 Å². The van der Waals surface area contributed by atoms with Crippen LogP contribution in [0.3, 0.4) is 0 Å². The average molecular weight is 471 g/mol. The van der Waals surface area contributed by atoms with Gasteiger partial charge in [0, 0.05) is 38.8 Å². The van der Waals surface area contributed by atoms with Crippen molar-refractivity contribution in [2.24, 2.45) is 12.0 Å². The van der Waals surface area contributed by atoms with Crippen LogP contribution < -0.4 is 5.32 Å². The minimum atomic E-state index is -0.168. The van der Waals surface area contributed by atoms with Gasteiger partial charge in [0.25, 0.3) is 0 Å². The number of rotatable bonds is 4. The zero-order valence-electron chi connectivity index (χ0n) is 15.6. The molecular formula is C19H27FIN5. The summed E-state index contributed by atoms with van der Waals surface area (Å²) in [6.45, 7) is 7.17. The molecule has 1 saturated heterocycles. The number of nitrogens with zero attached hydrogens (tertiary/aromatic N) is 4. The molecule has 2 aromatic rings. The maximum Gasteiger partial charge on any atom is 0.194 e. The number of aromatic nitrogens is 2. The van der Waals surface area contributed by atoms with Gasteiger partial charge in [-0.1, -0.05) is 12.1 Å². The van der Waals surface area contributed by atoms with Crippen LogP contribution in [-0.4, -0.2) is 40.3 Å². The zero-order chi connectivity index (χ0) is 17.8. The van der Waals surface area contributed by atoms with E-state index in [0.717, 1.165) is 37.6 Å². The summed E-state index contributed by atoms with van der Waals surface area (Å²) in [5.74, 6) is 1.25. The Morgan fingerprint density at radius 1 is 1.42 bits per heavy atom. The summed E-state index contributed by atoms with van der Waals surface area (Å²) in [6, 6.07) is 5.18. The molecule has 1 unspecified atom stereocenters. The minimum Gasteiger partial charge on any atom is -0.357 e. The molecule has 26 heavy (non-hydrogen) atoms. The number of likely N-dealkylation sites (tertiary alicyclic amines) is 1. The maximum atomic E-state index is 13.4. The van der Waals surface area contributed by atoms with Gasteiger partial charge in [0.05, 0.1) is 12.7 Å². The van der Waals surface area contributed by atoms with E-state index >= 15 is 0 Å². The lowest BCUT2D eigenvalue weighted by Crippen LogP contribution is -2.40. The van der Waals surface area contributed by atoms with E-state index in [0.29, 0.717) is 18.0 Å². The van der Waals surface area contributed by atoms with Gasteiger partial charge in [-0.05, 0) is 43.0 Å². The number of hydrogen-bond acceptors (Lipinski definition) is 2. The van der Waals surface area contributed by atoms with Crippen LogP contribution in [0.1, 0.15) is 36.0 Å². The summed E-state index contributed by atoms with van der Waals surface area (Å²) in [7, 11) is 1.95. The normalized spacial score (nSPS) is 17.3. The third-order valence-electron chi connectivity index (χ3n) is 4.65. The van der Waals surface area contributed by atoms with Crippen molar-refractivity contribution >= 4 is 29.9 Å². The fourth-order valence-corrected chi connectivity index (χ4v) is 3.27. The molecule has 142 valence electrons. The number of nitrogens with one attached hydrogen (secondary N) is 1. The lowest BCUT2D eigenvalue weighted by molar-refractivity contribution is 0.486. The summed E-state index contributed by atoms with van der Waals surface area (Å²) in [5.41, 5.74) is 2.97. The van der Waals surface area contributed by atoms with Crippen LogP contribution in [0.15, 0.2) is 35.6 Å². The molecule has 0 amide bonds. The number of halogens is 2. The molecule has 1 N–H and O–H groups in total. The minimum absolute atomic E-state index is 0. The summed E-state index contributed by atoms with van der Waals surface area (Å²) >= 11 is 0. The quantitative estimate of drug-likeness (QED) is 0.422. The van der Waals surface area contributed by atoms with Crippen molar-refractivity contribution in [3.05, 3.63) is 53.1 Å². The smallest absolute Gasteiger partial charge is 0.194 e. The summed E-state index contributed by atoms with van der Waals surface area (Å²) in [5, 5.41) is 7.66. The van der Waals surface area contributed by atoms with E-state index in [-0.39, 0.29) is 29.8 Å². The van der Waals surface area contributed by atoms with Gasteiger partial charge in [-0.15, -0.1) is 24.0 Å². The highest BCUT2D eigenvalue weighted by molar-refractivity contribution is 14.0. The lowest BCUT2D eigenvalue weighted by Gasteiger charge is -2.21. The maximum absolute atomic E-state index is 13.4. The fraction of sp³-hybridized carbons (Fsp3) is 0.474. The van der Waals surface area contributed by atoms with Crippen molar-refractivity contribution in [2.45, 2.75) is 32.7 Å². The van der Waals surface area contributed by atoms with E-state index in [1.54, 1.807) is 13.0 Å². The zero-order valence-corrected chi connectivity index (χ0v) is 17.9. The molecule has 1 aliphatic rings. The van der Waals surface area contributed by atoms with Gasteiger partial charge in [-0.25, -0.2) is 9.38 Å². The molecule has 2 heterocycles. The predicted octanol–water partition coefficient (Wildman–Crippen LogP) is 3.44. The standard InChI is InChI=1S/C19H26FN5.HI/c1-4-21-19(22-10-15-5-6-18(20)14(2)9-15)25-8-7-16(13-25)17-11-23-24(3)12-17;/h5-6,9,11-12,16H,4,7-8,10,13H2,1-3H3,(H,21,22);1H. The van der Waals surface area contributed by atoms with Crippen LogP contribution in [0.5, 0.6) is 0 Å². The van der Waals surface area contributed by atoms with E-state index < -0.39 is 0 Å². The largest absolute Gasteiger partial charge is 0.357 e. The predicted molar refractivity (Wildman–Crippen MR) is 114 cm³/mol. The Balaban J connectivity index is 0.00000243. The molecule has 7 heteroatoms. The van der Waals surface area contributed by atoms with Crippen molar-refractivity contribution in [3.8, 4) is 0 Å². The SMILES string of the molecule is CCNC(=NCc1ccc(F)c(C)c1)N1CCC(c2cnn(C)c2)C1.I. The van der Waals surface area contributed by atoms with Gasteiger partial charge in [0.15, 0.2) is 5.96 Å². The van der Waals surface area contributed by atoms with Crippen LogP contribution in [0, 0.1) is 12.7 Å². The number of aryl methyl sites for hydroxylation is 2. The first-order chi connectivity index (χ1) is 12.1. The highest BCUT2D eigenvalue weighted by Crippen LogP contribution is 2.26. The highest BCUT2D eigenvalue weighted by atomic mass is 127. The summed E-state index contributed by atoms with van der Waals surface area (Å²) in [4.78, 5) is 7.06. The van der Waals surface area contributed by atoms with Crippen molar-refractivity contribution in [1.82, 2.24) is 20.0 Å². The fourth-order valence-electron chi connectivity index (χ4n) is 3.27. The van der Waals surface area contributed by atoms with Crippen molar-refractivity contribution in [2.75, 3.05) is 19.6 Å². The second-order valence-corrected chi connectivity index (χ2v) is 6.63. The Labute approximate surface area is 171 Å². The molecule has 1 aromatic carbocycles. The third-order valence-corrected chi connectivity index (χ3v) is 4.65. The van der Waals surface area contributed by atoms with E-state index in [1.165, 1.54) is 11.6 Å². The van der Waals surface area contributed by atoms with Crippen LogP contribution in [0.2, 0.25) is 0 Å². The van der Waals surface area contributed by atoms with Crippen LogP contribution in [0.4, 0.5) is 4.39 Å². The van der Waals surface area contributed by atoms with Crippen LogP contribution in [-0.2, 0) is 13.6 Å². The van der Waals surface area contributed by atoms with Crippen molar-refractivity contribution in [3.63, 3.8) is 0 Å². The Kier molecular flexibility index (Phi) is 7.43. The molecule has 0 saturated carbocycles. The number of aliphatic imine (C=N–C) groups is 1. The Hall–Kier alpha value is -1.64. The first-order valence-electron chi connectivity index (χ1n) is 8.83. The topological polar surface area (TPSA) is 45.5 Å². The van der Waals surface area contributed by atoms with E-state index in [9.17, 15) is 4.39 Å². The Bertz CT molecular complexity index is 758. The van der Waals surface area contributed by atoms with Gasteiger partial charge in [-0.2, -0.15) is 5.10 Å². The first kappa shape index (κ1) is 20.7. The molecule has 1 aromatic heterocycles. The molecule has 0 aliphatic carbocycles. The molecule has 0 radical (unpaired) electrons. The molecular weight excluding hydrogens is 444 g/mol. The molecule has 0 bridgehead atoms. The monoisotopic (exact) mass is 471 g/mol. The average Bonchev–Trinajstić information content (AvgIpc) is 3.23. The van der Waals surface area contributed by atoms with Crippen LogP contribution in [0.25, 0.3) is 0 Å². The molecule has 5 nitrogen and oxygen atoms in total. The first-order valence-corrected chi connectivity index (χ1v) is 8.83. The van der Waals surface area contributed by atoms with Crippen molar-refractivity contribution in [1.29, 1.82) is 0 Å². The van der Waals surface area contributed by atoms with Crippen LogP contribution >= 0.6 is 24.0 Å². The highest BCUT2D eigenvalue weighted by Gasteiger charge is 2.26. The molecule has 0 spiro atoms. The second kappa shape index (κ2) is 9.34. The van der Waals surface area contributed by atoms with Gasteiger partial charge >= 0.3 is 0 Å². The van der Waals surface area contributed by atoms with E-state index in [1.807, 2.05) is 24.0 Å². The number of guanidine groups is 1. The molecule has 1 aliphatic heterocycles. The molecule has 1 fully saturated rings. The number of hydrogen-bond donors (Lipinski definition) is 1. The van der Waals surface area contributed by atoms with E-state index in [2.05, 4.69) is 28.4 Å². The number of benzene rings is 1. The Morgan fingerprint density at radius 2 is 2.23 bits per heavy atom. The summed E-state index contributed by atoms with van der Waals surface area (Å²) in [6.07, 6.45) is 5.16. The van der Waals surface area contributed by atoms with Gasteiger partial charge in [0.2, 0.25) is 0 Å². The van der Waals surface area contributed by atoms with Crippen molar-refractivity contribution < 1.29 is 4.39 Å². The Morgan fingerprint density at radius 3 is 2.88 bits per heavy atom. The summed E-state index contributed by atoms with van der Waals surface area (Å²) < 4.78 is 15.3. The lowest BCUT2D eigenvalue weighted by atomic mass is 10.0. The third kappa shape index (κ3) is 4.96. The second-order valence-electron chi connectivity index (χ2n) is 6.63. The van der Waals surface area contributed by atoms with E-state index in [4.69, 9.17) is 4.99 Å². The van der Waals surface area contributed by atoms with Gasteiger partial charge in [-0.3, -0.25) is 4.68 Å². The molecule has 1 atom stereocenters. The van der Waals surface area contributed by atoms with Gasteiger partial charge < -0.3 is 10.2 Å².